The highest BCUT2D eigenvalue weighted by Gasteiger charge is 2.22. The molecule has 0 bridgehead atoms. The van der Waals surface area contributed by atoms with Gasteiger partial charge in [0.2, 0.25) is 0 Å². The fraction of sp³-hybridized carbons (Fsp3) is 0.278. The number of hydrogen-bond donors (Lipinski definition) is 1. The second kappa shape index (κ2) is 7.77. The van der Waals surface area contributed by atoms with Gasteiger partial charge in [-0.1, -0.05) is 0 Å². The molecule has 0 aliphatic rings. The van der Waals surface area contributed by atoms with Crippen molar-refractivity contribution in [2.75, 3.05) is 5.32 Å². The molecule has 0 radical (unpaired) electrons. The summed E-state index contributed by atoms with van der Waals surface area (Å²) >= 11 is 1.15. The third-order valence-corrected chi connectivity index (χ3v) is 5.07. The summed E-state index contributed by atoms with van der Waals surface area (Å²) < 4.78 is 7.61. The predicted molar refractivity (Wildman–Crippen MR) is 105 cm³/mol. The average Bonchev–Trinajstić information content (AvgIpc) is 3.27. The molecule has 3 aromatic rings. The summed E-state index contributed by atoms with van der Waals surface area (Å²) in [6, 6.07) is 7.59. The fourth-order valence-corrected chi connectivity index (χ4v) is 3.50. The highest BCUT2D eigenvalue weighted by molar-refractivity contribution is 7.20. The van der Waals surface area contributed by atoms with Gasteiger partial charge < -0.3 is 10.1 Å². The van der Waals surface area contributed by atoms with Crippen molar-refractivity contribution in [2.24, 2.45) is 0 Å². The van der Waals surface area contributed by atoms with E-state index in [0.29, 0.717) is 11.2 Å². The van der Waals surface area contributed by atoms with Gasteiger partial charge in [-0.3, -0.25) is 14.9 Å². The number of rotatable bonds is 6. The largest absolute Gasteiger partial charge is 0.448 e. The number of nitrogens with one attached hydrogen (secondary N) is 1. The number of aromatic nitrogens is 2. The monoisotopic (exact) mass is 402 g/mol. The first-order chi connectivity index (χ1) is 13.3. The van der Waals surface area contributed by atoms with Crippen LogP contribution in [0.2, 0.25) is 0 Å². The molecular formula is C18H18N4O5S. The summed E-state index contributed by atoms with van der Waals surface area (Å²) in [5.74, 6) is -0.631. The Bertz CT molecular complexity index is 1060. The maximum absolute atomic E-state index is 12.4. The van der Waals surface area contributed by atoms with Crippen LogP contribution in [0, 0.1) is 10.1 Å². The minimum Gasteiger partial charge on any atom is -0.448 e. The van der Waals surface area contributed by atoms with E-state index in [0.717, 1.165) is 16.0 Å². The van der Waals surface area contributed by atoms with Gasteiger partial charge in [-0.05, 0) is 32.9 Å². The third kappa shape index (κ3) is 4.01. The van der Waals surface area contributed by atoms with E-state index in [1.165, 1.54) is 25.1 Å². The number of ether oxygens (including phenoxy) is 1. The van der Waals surface area contributed by atoms with E-state index in [1.807, 2.05) is 13.8 Å². The molecule has 0 unspecified atom stereocenters. The van der Waals surface area contributed by atoms with E-state index in [9.17, 15) is 19.7 Å². The van der Waals surface area contributed by atoms with Crippen LogP contribution in [0.25, 0.3) is 10.1 Å². The first-order valence-electron chi connectivity index (χ1n) is 8.49. The molecule has 10 heteroatoms. The molecule has 0 saturated carbocycles. The number of carbonyl (C=O) groups excluding carboxylic acids is 2. The topological polar surface area (TPSA) is 116 Å². The van der Waals surface area contributed by atoms with Crippen LogP contribution in [-0.4, -0.2) is 32.7 Å². The summed E-state index contributed by atoms with van der Waals surface area (Å²) in [5.41, 5.74) is -0.0558. The fourth-order valence-electron chi connectivity index (χ4n) is 2.57. The number of esters is 1. The highest BCUT2D eigenvalue weighted by Crippen LogP contribution is 2.29. The molecule has 1 amide bonds. The molecule has 0 aliphatic heterocycles. The molecule has 0 fully saturated rings. The Balaban J connectivity index is 1.69. The van der Waals surface area contributed by atoms with Crippen molar-refractivity contribution in [1.29, 1.82) is 0 Å². The van der Waals surface area contributed by atoms with Gasteiger partial charge in [0.1, 0.15) is 10.7 Å². The van der Waals surface area contributed by atoms with Crippen LogP contribution >= 0.6 is 11.3 Å². The number of fused-ring (bicyclic) bond motifs is 1. The lowest BCUT2D eigenvalue weighted by Crippen LogP contribution is -2.30. The van der Waals surface area contributed by atoms with Crippen LogP contribution in [0.3, 0.4) is 0 Å². The summed E-state index contributed by atoms with van der Waals surface area (Å²) in [6.07, 6.45) is 0.547. The Kier molecular flexibility index (Phi) is 5.41. The Morgan fingerprint density at radius 2 is 2.00 bits per heavy atom. The average molecular weight is 402 g/mol. The number of nitrogens with zero attached hydrogens (tertiary/aromatic N) is 3. The first kappa shape index (κ1) is 19.5. The second-order valence-electron chi connectivity index (χ2n) is 6.38. The standard InChI is InChI=1S/C18H18N4O5S/c1-10(2)21-16(6-7-19-21)20-17(23)11(3)27-18(24)15-9-12-8-13(22(25)26)4-5-14(12)28-15/h4-11H,1-3H3,(H,20,23)/t11-/m0/s1. The zero-order valence-corrected chi connectivity index (χ0v) is 16.2. The number of carbonyl (C=O) groups is 2. The zero-order valence-electron chi connectivity index (χ0n) is 15.4. The summed E-state index contributed by atoms with van der Waals surface area (Å²) in [7, 11) is 0. The molecule has 2 aromatic heterocycles. The van der Waals surface area contributed by atoms with Gasteiger partial charge in [0, 0.05) is 34.3 Å². The van der Waals surface area contributed by atoms with Gasteiger partial charge in [0.15, 0.2) is 6.10 Å². The predicted octanol–water partition coefficient (Wildman–Crippen LogP) is 3.77. The van der Waals surface area contributed by atoms with Crippen LogP contribution in [-0.2, 0) is 9.53 Å². The van der Waals surface area contributed by atoms with Crippen molar-refractivity contribution in [3.8, 4) is 0 Å². The third-order valence-electron chi connectivity index (χ3n) is 3.98. The Labute approximate surface area is 164 Å². The number of benzene rings is 1. The normalized spacial score (nSPS) is 12.1. The van der Waals surface area contributed by atoms with Crippen LogP contribution in [0.5, 0.6) is 0 Å². The lowest BCUT2D eigenvalue weighted by atomic mass is 10.2. The van der Waals surface area contributed by atoms with E-state index in [-0.39, 0.29) is 16.6 Å². The minimum absolute atomic E-state index is 0.0558. The first-order valence-corrected chi connectivity index (χ1v) is 9.31. The molecule has 0 aliphatic carbocycles. The van der Waals surface area contributed by atoms with Crippen LogP contribution in [0.1, 0.15) is 36.5 Å². The van der Waals surface area contributed by atoms with Crippen molar-refractivity contribution < 1.29 is 19.2 Å². The van der Waals surface area contributed by atoms with E-state index in [2.05, 4.69) is 10.4 Å². The van der Waals surface area contributed by atoms with Crippen LogP contribution in [0.4, 0.5) is 11.5 Å². The Morgan fingerprint density at radius 3 is 2.68 bits per heavy atom. The van der Waals surface area contributed by atoms with Gasteiger partial charge >= 0.3 is 5.97 Å². The molecule has 1 atom stereocenters. The molecule has 9 nitrogen and oxygen atoms in total. The summed E-state index contributed by atoms with van der Waals surface area (Å²) in [5, 5.41) is 18.3. The number of nitro groups is 1. The van der Waals surface area contributed by atoms with Gasteiger partial charge in [0.05, 0.1) is 11.1 Å². The SMILES string of the molecule is CC(C)n1nccc1NC(=O)[C@H](C)OC(=O)c1cc2cc([N+](=O)[O-])ccc2s1. The highest BCUT2D eigenvalue weighted by atomic mass is 32.1. The summed E-state index contributed by atoms with van der Waals surface area (Å²) in [4.78, 5) is 35.4. The molecule has 2 heterocycles. The summed E-state index contributed by atoms with van der Waals surface area (Å²) in [6.45, 7) is 5.33. The quantitative estimate of drug-likeness (QED) is 0.381. The van der Waals surface area contributed by atoms with Crippen LogP contribution < -0.4 is 5.32 Å². The maximum atomic E-state index is 12.4. The lowest BCUT2D eigenvalue weighted by Gasteiger charge is -2.15. The van der Waals surface area contributed by atoms with Crippen molar-refractivity contribution in [2.45, 2.75) is 32.9 Å². The molecule has 0 saturated heterocycles. The number of nitro benzene ring substituents is 1. The van der Waals surface area contributed by atoms with E-state index in [4.69, 9.17) is 4.74 Å². The van der Waals surface area contributed by atoms with Crippen LogP contribution in [0.15, 0.2) is 36.5 Å². The van der Waals surface area contributed by atoms with Crippen molar-refractivity contribution in [3.63, 3.8) is 0 Å². The Hall–Kier alpha value is -3.27. The number of non-ortho nitro benzene ring substituents is 1. The minimum atomic E-state index is -1.03. The molecule has 3 rings (SSSR count). The molecular weight excluding hydrogens is 384 g/mol. The molecule has 1 N–H and O–H groups in total. The van der Waals surface area contributed by atoms with Gasteiger partial charge in [-0.15, -0.1) is 11.3 Å². The molecule has 1 aromatic carbocycles. The number of thiophene rings is 1. The number of hydrogen-bond acceptors (Lipinski definition) is 7. The van der Waals surface area contributed by atoms with Crippen molar-refractivity contribution in [3.05, 3.63) is 51.5 Å². The van der Waals surface area contributed by atoms with E-state index >= 15 is 0 Å². The molecule has 0 spiro atoms. The number of amides is 1. The number of anilines is 1. The van der Waals surface area contributed by atoms with Gasteiger partial charge in [-0.2, -0.15) is 5.10 Å². The van der Waals surface area contributed by atoms with E-state index in [1.54, 1.807) is 23.0 Å². The van der Waals surface area contributed by atoms with Crippen molar-refractivity contribution in [1.82, 2.24) is 9.78 Å². The lowest BCUT2D eigenvalue weighted by molar-refractivity contribution is -0.384. The van der Waals surface area contributed by atoms with Gasteiger partial charge in [-0.25, -0.2) is 9.48 Å². The molecule has 146 valence electrons. The zero-order chi connectivity index (χ0) is 20.4. The van der Waals surface area contributed by atoms with Crippen molar-refractivity contribution >= 4 is 44.8 Å². The molecule has 28 heavy (non-hydrogen) atoms. The maximum Gasteiger partial charge on any atom is 0.349 e. The Morgan fingerprint density at radius 1 is 1.25 bits per heavy atom. The van der Waals surface area contributed by atoms with E-state index < -0.39 is 22.9 Å². The smallest absolute Gasteiger partial charge is 0.349 e. The second-order valence-corrected chi connectivity index (χ2v) is 7.47. The van der Waals surface area contributed by atoms with Gasteiger partial charge in [0.25, 0.3) is 11.6 Å².